The SMILES string of the molecule is CCC(C(=O)NCC(C)c1ccccc1)N(c1cccc(Cl)c1)S(C)(=O)=O. The largest absolute Gasteiger partial charge is 0.354 e. The van der Waals surface area contributed by atoms with Crippen molar-refractivity contribution < 1.29 is 13.2 Å². The summed E-state index contributed by atoms with van der Waals surface area (Å²) in [5.41, 5.74) is 1.49. The van der Waals surface area contributed by atoms with Gasteiger partial charge in [0, 0.05) is 11.6 Å². The van der Waals surface area contributed by atoms with Gasteiger partial charge in [0.15, 0.2) is 0 Å². The average molecular weight is 409 g/mol. The molecule has 1 N–H and O–H groups in total. The summed E-state index contributed by atoms with van der Waals surface area (Å²) in [6.45, 7) is 4.22. The molecule has 2 unspecified atom stereocenters. The first-order chi connectivity index (χ1) is 12.7. The first-order valence-electron chi connectivity index (χ1n) is 8.81. The van der Waals surface area contributed by atoms with Gasteiger partial charge in [0.2, 0.25) is 15.9 Å². The van der Waals surface area contributed by atoms with Crippen LogP contribution in [0.4, 0.5) is 5.69 Å². The molecule has 0 fully saturated rings. The van der Waals surface area contributed by atoms with Crippen molar-refractivity contribution >= 4 is 33.2 Å². The molecule has 0 aliphatic carbocycles. The van der Waals surface area contributed by atoms with E-state index in [0.717, 1.165) is 16.1 Å². The van der Waals surface area contributed by atoms with Gasteiger partial charge in [-0.1, -0.05) is 61.8 Å². The van der Waals surface area contributed by atoms with Crippen LogP contribution in [0, 0.1) is 0 Å². The minimum absolute atomic E-state index is 0.116. The quantitative estimate of drug-likeness (QED) is 0.722. The number of nitrogens with zero attached hydrogens (tertiary/aromatic N) is 1. The van der Waals surface area contributed by atoms with E-state index in [0.29, 0.717) is 23.7 Å². The number of anilines is 1. The Labute approximate surface area is 166 Å². The van der Waals surface area contributed by atoms with Crippen LogP contribution in [0.15, 0.2) is 54.6 Å². The predicted octanol–water partition coefficient (Wildman–Crippen LogP) is 3.80. The van der Waals surface area contributed by atoms with Crippen LogP contribution in [0.1, 0.15) is 31.7 Å². The molecule has 2 aromatic rings. The van der Waals surface area contributed by atoms with Crippen LogP contribution >= 0.6 is 11.6 Å². The maximum absolute atomic E-state index is 12.8. The van der Waals surface area contributed by atoms with E-state index in [4.69, 9.17) is 11.6 Å². The Morgan fingerprint density at radius 2 is 1.81 bits per heavy atom. The lowest BCUT2D eigenvalue weighted by molar-refractivity contribution is -0.122. The van der Waals surface area contributed by atoms with E-state index in [9.17, 15) is 13.2 Å². The molecular weight excluding hydrogens is 384 g/mol. The first kappa shape index (κ1) is 21.3. The van der Waals surface area contributed by atoms with Gasteiger partial charge in [0.05, 0.1) is 11.9 Å². The zero-order valence-electron chi connectivity index (χ0n) is 15.7. The fourth-order valence-corrected chi connectivity index (χ4v) is 4.33. The van der Waals surface area contributed by atoms with Gasteiger partial charge in [-0.3, -0.25) is 9.10 Å². The third-order valence-corrected chi connectivity index (χ3v) is 5.76. The molecule has 2 rings (SSSR count). The standard InChI is InChI=1S/C20H25ClN2O3S/c1-4-19(20(24)22-14-15(2)16-9-6-5-7-10-16)23(27(3,25)26)18-12-8-11-17(21)13-18/h5-13,15,19H,4,14H2,1-3H3,(H,22,24). The van der Waals surface area contributed by atoms with Crippen molar-refractivity contribution in [2.45, 2.75) is 32.2 Å². The topological polar surface area (TPSA) is 66.5 Å². The smallest absolute Gasteiger partial charge is 0.243 e. The molecule has 5 nitrogen and oxygen atoms in total. The lowest BCUT2D eigenvalue weighted by atomic mass is 10.0. The Balaban J connectivity index is 2.19. The molecule has 0 aliphatic heterocycles. The van der Waals surface area contributed by atoms with Crippen LogP contribution in [-0.2, 0) is 14.8 Å². The summed E-state index contributed by atoms with van der Waals surface area (Å²) in [7, 11) is -3.67. The summed E-state index contributed by atoms with van der Waals surface area (Å²) in [6.07, 6.45) is 1.43. The van der Waals surface area contributed by atoms with Gasteiger partial charge in [-0.25, -0.2) is 8.42 Å². The van der Waals surface area contributed by atoms with Gasteiger partial charge in [-0.05, 0) is 36.1 Å². The summed E-state index contributed by atoms with van der Waals surface area (Å²) in [6, 6.07) is 15.5. The number of hydrogen-bond acceptors (Lipinski definition) is 3. The maximum atomic E-state index is 12.8. The Kier molecular flexibility index (Phi) is 7.27. The Morgan fingerprint density at radius 3 is 2.37 bits per heavy atom. The van der Waals surface area contributed by atoms with Gasteiger partial charge in [0.25, 0.3) is 0 Å². The van der Waals surface area contributed by atoms with Crippen molar-refractivity contribution in [2.75, 3.05) is 17.1 Å². The number of halogens is 1. The molecule has 0 bridgehead atoms. The number of hydrogen-bond donors (Lipinski definition) is 1. The molecule has 0 saturated heterocycles. The highest BCUT2D eigenvalue weighted by Gasteiger charge is 2.31. The number of carbonyl (C=O) groups is 1. The summed E-state index contributed by atoms with van der Waals surface area (Å²) in [5, 5.41) is 3.30. The highest BCUT2D eigenvalue weighted by molar-refractivity contribution is 7.92. The highest BCUT2D eigenvalue weighted by Crippen LogP contribution is 2.25. The van der Waals surface area contributed by atoms with Crippen molar-refractivity contribution in [3.05, 3.63) is 65.2 Å². The molecule has 2 aromatic carbocycles. The second-order valence-corrected chi connectivity index (χ2v) is 8.82. The summed E-state index contributed by atoms with van der Waals surface area (Å²) >= 11 is 6.01. The van der Waals surface area contributed by atoms with E-state index in [-0.39, 0.29) is 11.8 Å². The number of sulfonamides is 1. The molecule has 0 aromatic heterocycles. The van der Waals surface area contributed by atoms with Crippen molar-refractivity contribution in [1.29, 1.82) is 0 Å². The van der Waals surface area contributed by atoms with Gasteiger partial charge in [0.1, 0.15) is 6.04 Å². The van der Waals surface area contributed by atoms with E-state index in [2.05, 4.69) is 5.32 Å². The van der Waals surface area contributed by atoms with Crippen LogP contribution in [0.5, 0.6) is 0 Å². The number of benzene rings is 2. The van der Waals surface area contributed by atoms with E-state index >= 15 is 0 Å². The molecule has 27 heavy (non-hydrogen) atoms. The van der Waals surface area contributed by atoms with Gasteiger partial charge in [-0.2, -0.15) is 0 Å². The fourth-order valence-electron chi connectivity index (χ4n) is 2.94. The molecule has 0 aliphatic rings. The molecule has 0 heterocycles. The van der Waals surface area contributed by atoms with Crippen molar-refractivity contribution in [2.24, 2.45) is 0 Å². The third-order valence-electron chi connectivity index (χ3n) is 4.34. The number of carbonyl (C=O) groups excluding carboxylic acids is 1. The number of amides is 1. The molecule has 146 valence electrons. The minimum atomic E-state index is -3.67. The normalized spacial score (nSPS) is 13.6. The van der Waals surface area contributed by atoms with Gasteiger partial charge in [-0.15, -0.1) is 0 Å². The Morgan fingerprint density at radius 1 is 1.15 bits per heavy atom. The zero-order valence-corrected chi connectivity index (χ0v) is 17.3. The van der Waals surface area contributed by atoms with E-state index in [1.165, 1.54) is 0 Å². The minimum Gasteiger partial charge on any atom is -0.354 e. The Bertz CT molecular complexity index is 872. The fraction of sp³-hybridized carbons (Fsp3) is 0.350. The molecule has 0 saturated carbocycles. The van der Waals surface area contributed by atoms with Crippen molar-refractivity contribution in [3.63, 3.8) is 0 Å². The van der Waals surface area contributed by atoms with E-state index in [1.807, 2.05) is 37.3 Å². The molecular formula is C20H25ClN2O3S. The number of nitrogens with one attached hydrogen (secondary N) is 1. The molecule has 0 spiro atoms. The average Bonchev–Trinajstić information content (AvgIpc) is 2.63. The van der Waals surface area contributed by atoms with Crippen molar-refractivity contribution in [1.82, 2.24) is 5.32 Å². The summed E-state index contributed by atoms with van der Waals surface area (Å²) < 4.78 is 26.0. The second kappa shape index (κ2) is 9.24. The zero-order chi connectivity index (χ0) is 20.0. The van der Waals surface area contributed by atoms with Crippen LogP contribution in [0.2, 0.25) is 5.02 Å². The van der Waals surface area contributed by atoms with Crippen LogP contribution in [0.25, 0.3) is 0 Å². The predicted molar refractivity (Wildman–Crippen MR) is 111 cm³/mol. The van der Waals surface area contributed by atoms with Gasteiger partial charge < -0.3 is 5.32 Å². The van der Waals surface area contributed by atoms with Crippen LogP contribution in [-0.4, -0.2) is 33.2 Å². The summed E-state index contributed by atoms with van der Waals surface area (Å²) in [5.74, 6) is -0.212. The van der Waals surface area contributed by atoms with Gasteiger partial charge >= 0.3 is 0 Å². The lowest BCUT2D eigenvalue weighted by Gasteiger charge is -2.30. The van der Waals surface area contributed by atoms with E-state index < -0.39 is 16.1 Å². The van der Waals surface area contributed by atoms with Crippen LogP contribution < -0.4 is 9.62 Å². The Hall–Kier alpha value is -2.05. The molecule has 7 heteroatoms. The first-order valence-corrected chi connectivity index (χ1v) is 11.0. The monoisotopic (exact) mass is 408 g/mol. The number of rotatable bonds is 8. The van der Waals surface area contributed by atoms with Crippen LogP contribution in [0.3, 0.4) is 0 Å². The van der Waals surface area contributed by atoms with E-state index in [1.54, 1.807) is 31.2 Å². The highest BCUT2D eigenvalue weighted by atomic mass is 35.5. The molecule has 2 atom stereocenters. The van der Waals surface area contributed by atoms with Crippen molar-refractivity contribution in [3.8, 4) is 0 Å². The third kappa shape index (κ3) is 5.71. The maximum Gasteiger partial charge on any atom is 0.243 e. The summed E-state index contributed by atoms with van der Waals surface area (Å²) in [4.78, 5) is 12.8. The lowest BCUT2D eigenvalue weighted by Crippen LogP contribution is -2.49. The second-order valence-electron chi connectivity index (χ2n) is 6.52. The molecule has 0 radical (unpaired) electrons. The molecule has 1 amide bonds.